The molecule has 1 aromatic carbocycles. The van der Waals surface area contributed by atoms with Gasteiger partial charge in [0.2, 0.25) is 0 Å². The smallest absolute Gasteiger partial charge is 0.271 e. The van der Waals surface area contributed by atoms with E-state index < -0.39 is 0 Å². The second kappa shape index (κ2) is 6.19. The number of hydrogen-bond donors (Lipinski definition) is 1. The molecule has 0 aliphatic carbocycles. The van der Waals surface area contributed by atoms with Crippen LogP contribution < -0.4 is 14.8 Å². The summed E-state index contributed by atoms with van der Waals surface area (Å²) >= 11 is 1.39. The summed E-state index contributed by atoms with van der Waals surface area (Å²) in [6.07, 6.45) is 0. The maximum Gasteiger partial charge on any atom is 0.271 e. The predicted molar refractivity (Wildman–Crippen MR) is 72.8 cm³/mol. The van der Waals surface area contributed by atoms with Gasteiger partial charge in [0, 0.05) is 23.6 Å². The molecule has 0 saturated heterocycles. The second-order valence-electron chi connectivity index (χ2n) is 3.73. The number of nitrogens with one attached hydrogen (secondary N) is 1. The Kier molecular flexibility index (Phi) is 4.35. The van der Waals surface area contributed by atoms with Gasteiger partial charge in [-0.25, -0.2) is 4.98 Å². The van der Waals surface area contributed by atoms with Crippen molar-refractivity contribution in [1.82, 2.24) is 10.3 Å². The third kappa shape index (κ3) is 3.23. The number of nitrogens with zero attached hydrogens (tertiary/aromatic N) is 1. The molecule has 100 valence electrons. The van der Waals surface area contributed by atoms with Crippen LogP contribution in [-0.2, 0) is 6.54 Å². The molecule has 1 aromatic heterocycles. The molecule has 6 heteroatoms. The summed E-state index contributed by atoms with van der Waals surface area (Å²) in [5.41, 5.74) is 2.94. The van der Waals surface area contributed by atoms with E-state index in [2.05, 4.69) is 10.3 Å². The first-order valence-electron chi connectivity index (χ1n) is 5.62. The Balaban J connectivity index is 2.05. The minimum atomic E-state index is -0.195. The van der Waals surface area contributed by atoms with Gasteiger partial charge < -0.3 is 14.8 Å². The fourth-order valence-electron chi connectivity index (χ4n) is 1.59. The molecule has 1 N–H and O–H groups in total. The van der Waals surface area contributed by atoms with E-state index >= 15 is 0 Å². The zero-order chi connectivity index (χ0) is 13.7. The van der Waals surface area contributed by atoms with Gasteiger partial charge in [-0.15, -0.1) is 11.3 Å². The van der Waals surface area contributed by atoms with Crippen molar-refractivity contribution in [2.75, 3.05) is 14.2 Å². The maximum atomic E-state index is 11.8. The first kappa shape index (κ1) is 13.4. The maximum absolute atomic E-state index is 11.8. The molecule has 0 aliphatic heterocycles. The second-order valence-corrected chi connectivity index (χ2v) is 4.45. The molecule has 2 rings (SSSR count). The molecular weight excluding hydrogens is 264 g/mol. The molecule has 5 nitrogen and oxygen atoms in total. The average molecular weight is 278 g/mol. The highest BCUT2D eigenvalue weighted by atomic mass is 32.1. The lowest BCUT2D eigenvalue weighted by atomic mass is 10.2. The quantitative estimate of drug-likeness (QED) is 0.909. The first-order valence-corrected chi connectivity index (χ1v) is 6.56. The van der Waals surface area contributed by atoms with Crippen LogP contribution in [0, 0.1) is 0 Å². The highest BCUT2D eigenvalue weighted by molar-refractivity contribution is 7.07. The van der Waals surface area contributed by atoms with Crippen LogP contribution in [0.5, 0.6) is 11.5 Å². The molecule has 0 fully saturated rings. The molecule has 19 heavy (non-hydrogen) atoms. The molecule has 0 saturated carbocycles. The Hall–Kier alpha value is -2.08. The summed E-state index contributed by atoms with van der Waals surface area (Å²) in [6, 6.07) is 5.47. The summed E-state index contributed by atoms with van der Waals surface area (Å²) < 4.78 is 10.4. The van der Waals surface area contributed by atoms with Crippen molar-refractivity contribution >= 4 is 17.2 Å². The molecule has 0 bridgehead atoms. The topological polar surface area (TPSA) is 60.5 Å². The molecule has 0 unspecified atom stereocenters. The van der Waals surface area contributed by atoms with Crippen LogP contribution in [0.3, 0.4) is 0 Å². The zero-order valence-corrected chi connectivity index (χ0v) is 11.5. The summed E-state index contributed by atoms with van der Waals surface area (Å²) in [5, 5.41) is 4.51. The van der Waals surface area contributed by atoms with Gasteiger partial charge in [0.1, 0.15) is 17.2 Å². The van der Waals surface area contributed by atoms with Gasteiger partial charge in [0.25, 0.3) is 5.91 Å². The number of aromatic nitrogens is 1. The Labute approximate surface area is 115 Å². The average Bonchev–Trinajstić information content (AvgIpc) is 2.98. The van der Waals surface area contributed by atoms with E-state index in [9.17, 15) is 4.79 Å². The number of methoxy groups -OCH3 is 2. The van der Waals surface area contributed by atoms with Crippen molar-refractivity contribution < 1.29 is 14.3 Å². The largest absolute Gasteiger partial charge is 0.497 e. The van der Waals surface area contributed by atoms with Crippen LogP contribution >= 0.6 is 11.3 Å². The Morgan fingerprint density at radius 2 is 2.21 bits per heavy atom. The molecule has 0 atom stereocenters. The van der Waals surface area contributed by atoms with E-state index in [4.69, 9.17) is 9.47 Å². The van der Waals surface area contributed by atoms with Gasteiger partial charge in [-0.2, -0.15) is 0 Å². The molecule has 2 aromatic rings. The predicted octanol–water partition coefficient (Wildman–Crippen LogP) is 2.09. The van der Waals surface area contributed by atoms with Crippen LogP contribution in [0.4, 0.5) is 0 Å². The van der Waals surface area contributed by atoms with Gasteiger partial charge in [-0.1, -0.05) is 0 Å². The minimum Gasteiger partial charge on any atom is -0.497 e. The Morgan fingerprint density at radius 3 is 2.84 bits per heavy atom. The van der Waals surface area contributed by atoms with E-state index in [1.54, 1.807) is 31.2 Å². The lowest BCUT2D eigenvalue weighted by Gasteiger charge is -2.10. The number of carbonyl (C=O) groups excluding carboxylic acids is 1. The number of hydrogen-bond acceptors (Lipinski definition) is 5. The minimum absolute atomic E-state index is 0.195. The summed E-state index contributed by atoms with van der Waals surface area (Å²) in [4.78, 5) is 15.7. The van der Waals surface area contributed by atoms with Crippen LogP contribution in [0.1, 0.15) is 16.1 Å². The summed E-state index contributed by atoms with van der Waals surface area (Å²) in [5.74, 6) is 1.20. The third-order valence-corrected chi connectivity index (χ3v) is 3.19. The number of benzene rings is 1. The molecule has 0 aliphatic rings. The summed E-state index contributed by atoms with van der Waals surface area (Å²) in [7, 11) is 3.18. The standard InChI is InChI=1S/C13H14N2O3S/c1-17-10-4-3-9(12(5-10)18-2)6-14-13(16)11-7-19-8-15-11/h3-5,7-8H,6H2,1-2H3,(H,14,16). The monoisotopic (exact) mass is 278 g/mol. The fourth-order valence-corrected chi connectivity index (χ4v) is 2.12. The molecule has 0 radical (unpaired) electrons. The summed E-state index contributed by atoms with van der Waals surface area (Å²) in [6.45, 7) is 0.378. The van der Waals surface area contributed by atoms with Crippen molar-refractivity contribution in [1.29, 1.82) is 0 Å². The van der Waals surface area contributed by atoms with E-state index in [1.807, 2.05) is 12.1 Å². The molecular formula is C13H14N2O3S. The number of ether oxygens (including phenoxy) is 2. The lowest BCUT2D eigenvalue weighted by molar-refractivity contribution is 0.0946. The van der Waals surface area contributed by atoms with Gasteiger partial charge in [-0.05, 0) is 12.1 Å². The van der Waals surface area contributed by atoms with Gasteiger partial charge in [0.05, 0.1) is 19.7 Å². The van der Waals surface area contributed by atoms with Crippen LogP contribution in [0.25, 0.3) is 0 Å². The highest BCUT2D eigenvalue weighted by Gasteiger charge is 2.09. The zero-order valence-electron chi connectivity index (χ0n) is 10.7. The van der Waals surface area contributed by atoms with Gasteiger partial charge >= 0.3 is 0 Å². The van der Waals surface area contributed by atoms with Crippen molar-refractivity contribution in [2.24, 2.45) is 0 Å². The van der Waals surface area contributed by atoms with Crippen LogP contribution in [0.15, 0.2) is 29.1 Å². The Bertz CT molecular complexity index is 555. The van der Waals surface area contributed by atoms with Gasteiger partial charge in [-0.3, -0.25) is 4.79 Å². The number of rotatable bonds is 5. The number of thiazole rings is 1. The fraction of sp³-hybridized carbons (Fsp3) is 0.231. The SMILES string of the molecule is COc1ccc(CNC(=O)c2cscn2)c(OC)c1. The van der Waals surface area contributed by atoms with E-state index in [-0.39, 0.29) is 5.91 Å². The van der Waals surface area contributed by atoms with Crippen molar-refractivity contribution in [2.45, 2.75) is 6.54 Å². The molecule has 0 spiro atoms. The van der Waals surface area contributed by atoms with Crippen molar-refractivity contribution in [3.8, 4) is 11.5 Å². The van der Waals surface area contributed by atoms with Crippen molar-refractivity contribution in [3.05, 3.63) is 40.3 Å². The van der Waals surface area contributed by atoms with Crippen LogP contribution in [0.2, 0.25) is 0 Å². The number of amides is 1. The van der Waals surface area contributed by atoms with Gasteiger partial charge in [0.15, 0.2) is 0 Å². The van der Waals surface area contributed by atoms with Crippen molar-refractivity contribution in [3.63, 3.8) is 0 Å². The first-order chi connectivity index (χ1) is 9.24. The third-order valence-electron chi connectivity index (χ3n) is 2.60. The van der Waals surface area contributed by atoms with E-state index in [1.165, 1.54) is 11.3 Å². The lowest BCUT2D eigenvalue weighted by Crippen LogP contribution is -2.23. The molecule has 1 amide bonds. The normalized spacial score (nSPS) is 10.0. The Morgan fingerprint density at radius 1 is 1.37 bits per heavy atom. The van der Waals surface area contributed by atoms with E-state index in [0.29, 0.717) is 23.7 Å². The molecule has 1 heterocycles. The van der Waals surface area contributed by atoms with E-state index in [0.717, 1.165) is 5.56 Å². The van der Waals surface area contributed by atoms with Crippen LogP contribution in [-0.4, -0.2) is 25.1 Å². The number of carbonyl (C=O) groups is 1. The highest BCUT2D eigenvalue weighted by Crippen LogP contribution is 2.24.